The molecule has 1 atom stereocenters. The molecule has 0 saturated carbocycles. The third-order valence-corrected chi connectivity index (χ3v) is 1.87. The van der Waals surface area contributed by atoms with E-state index in [1.165, 1.54) is 0 Å². The lowest BCUT2D eigenvalue weighted by molar-refractivity contribution is -0.131. The molecule has 0 aromatic carbocycles. The van der Waals surface area contributed by atoms with Gasteiger partial charge in [0, 0.05) is 19.8 Å². The molecule has 0 bridgehead atoms. The fraction of sp³-hybridized carbons (Fsp3) is 0.900. The van der Waals surface area contributed by atoms with Gasteiger partial charge >= 0.3 is 0 Å². The van der Waals surface area contributed by atoms with Gasteiger partial charge in [-0.2, -0.15) is 0 Å². The Labute approximate surface area is 85.6 Å². The highest BCUT2D eigenvalue weighted by Gasteiger charge is 2.11. The molecule has 0 fully saturated rings. The molecule has 0 heterocycles. The van der Waals surface area contributed by atoms with Crippen molar-refractivity contribution in [3.8, 4) is 0 Å². The Balaban J connectivity index is 3.44. The van der Waals surface area contributed by atoms with Crippen LogP contribution < -0.4 is 5.32 Å². The molecule has 0 radical (unpaired) electrons. The van der Waals surface area contributed by atoms with Gasteiger partial charge in [-0.15, -0.1) is 0 Å². The standard InChI is InChI=1S/C10H21NO3/c1-3-4-8-14-9(2)10(13)11-6-5-7-12/h9,12H,3-8H2,1-2H3,(H,11,13). The highest BCUT2D eigenvalue weighted by Crippen LogP contribution is 1.95. The molecule has 0 aliphatic rings. The molecule has 0 saturated heterocycles. The molecule has 0 aromatic heterocycles. The van der Waals surface area contributed by atoms with E-state index in [1.54, 1.807) is 6.92 Å². The molecule has 4 heteroatoms. The van der Waals surface area contributed by atoms with Crippen LogP contribution in [-0.4, -0.2) is 36.9 Å². The van der Waals surface area contributed by atoms with Crippen LogP contribution in [0.3, 0.4) is 0 Å². The van der Waals surface area contributed by atoms with Gasteiger partial charge in [0.1, 0.15) is 6.10 Å². The smallest absolute Gasteiger partial charge is 0.248 e. The lowest BCUT2D eigenvalue weighted by Crippen LogP contribution is -2.35. The first kappa shape index (κ1) is 13.4. The summed E-state index contributed by atoms with van der Waals surface area (Å²) in [5, 5.41) is 11.2. The fourth-order valence-corrected chi connectivity index (χ4v) is 0.915. The molecule has 4 nitrogen and oxygen atoms in total. The van der Waals surface area contributed by atoms with Crippen LogP contribution in [0.4, 0.5) is 0 Å². The van der Waals surface area contributed by atoms with Crippen molar-refractivity contribution in [2.45, 2.75) is 39.2 Å². The number of nitrogens with one attached hydrogen (secondary N) is 1. The Bertz CT molecular complexity index is 150. The number of hydrogen-bond acceptors (Lipinski definition) is 3. The summed E-state index contributed by atoms with van der Waals surface area (Å²) in [5.41, 5.74) is 0. The first-order chi connectivity index (χ1) is 6.72. The van der Waals surface area contributed by atoms with Gasteiger partial charge in [-0.25, -0.2) is 0 Å². The normalized spacial score (nSPS) is 12.5. The number of carbonyl (C=O) groups is 1. The summed E-state index contributed by atoms with van der Waals surface area (Å²) in [6.07, 6.45) is 2.25. The van der Waals surface area contributed by atoms with Crippen LogP contribution in [0.1, 0.15) is 33.1 Å². The summed E-state index contributed by atoms with van der Waals surface area (Å²) in [5.74, 6) is -0.102. The number of ether oxygens (including phenoxy) is 1. The fourth-order valence-electron chi connectivity index (χ4n) is 0.915. The highest BCUT2D eigenvalue weighted by molar-refractivity contribution is 5.80. The zero-order chi connectivity index (χ0) is 10.8. The number of rotatable bonds is 8. The second kappa shape index (κ2) is 8.97. The molecule has 0 spiro atoms. The minimum atomic E-state index is -0.389. The summed E-state index contributed by atoms with van der Waals surface area (Å²) in [6.45, 7) is 5.06. The number of aliphatic hydroxyl groups excluding tert-OH is 1. The van der Waals surface area contributed by atoms with E-state index in [2.05, 4.69) is 12.2 Å². The molecule has 0 aliphatic carbocycles. The van der Waals surface area contributed by atoms with Crippen molar-refractivity contribution in [3.05, 3.63) is 0 Å². The van der Waals surface area contributed by atoms with E-state index in [1.807, 2.05) is 0 Å². The maximum Gasteiger partial charge on any atom is 0.248 e. The van der Waals surface area contributed by atoms with Crippen molar-refractivity contribution in [2.24, 2.45) is 0 Å². The SMILES string of the molecule is CCCCOC(C)C(=O)NCCCO. The summed E-state index contributed by atoms with van der Waals surface area (Å²) >= 11 is 0. The predicted octanol–water partition coefficient (Wildman–Crippen LogP) is 0.690. The van der Waals surface area contributed by atoms with Gasteiger partial charge in [-0.3, -0.25) is 4.79 Å². The third-order valence-electron chi connectivity index (χ3n) is 1.87. The Morgan fingerprint density at radius 1 is 1.50 bits per heavy atom. The van der Waals surface area contributed by atoms with Gasteiger partial charge in [-0.05, 0) is 19.8 Å². The largest absolute Gasteiger partial charge is 0.396 e. The molecule has 14 heavy (non-hydrogen) atoms. The van der Waals surface area contributed by atoms with E-state index < -0.39 is 0 Å². The molecular formula is C10H21NO3. The Morgan fingerprint density at radius 2 is 2.21 bits per heavy atom. The second-order valence-electron chi connectivity index (χ2n) is 3.23. The molecule has 1 unspecified atom stereocenters. The third kappa shape index (κ3) is 6.86. The Hall–Kier alpha value is -0.610. The van der Waals surface area contributed by atoms with Crippen molar-refractivity contribution < 1.29 is 14.6 Å². The van der Waals surface area contributed by atoms with Crippen LogP contribution in [0.5, 0.6) is 0 Å². The van der Waals surface area contributed by atoms with Gasteiger partial charge in [0.25, 0.3) is 0 Å². The molecule has 0 aromatic rings. The average Bonchev–Trinajstić information content (AvgIpc) is 2.18. The van der Waals surface area contributed by atoms with Gasteiger partial charge in [0.15, 0.2) is 0 Å². The molecule has 0 rings (SSSR count). The van der Waals surface area contributed by atoms with E-state index in [9.17, 15) is 4.79 Å². The van der Waals surface area contributed by atoms with Crippen LogP contribution in [0.2, 0.25) is 0 Å². The quantitative estimate of drug-likeness (QED) is 0.571. The van der Waals surface area contributed by atoms with Crippen LogP contribution in [0.15, 0.2) is 0 Å². The maximum absolute atomic E-state index is 11.3. The number of aliphatic hydroxyl groups is 1. The summed E-state index contributed by atoms with van der Waals surface area (Å²) in [4.78, 5) is 11.3. The zero-order valence-electron chi connectivity index (χ0n) is 9.08. The van der Waals surface area contributed by atoms with Crippen LogP contribution in [0.25, 0.3) is 0 Å². The minimum absolute atomic E-state index is 0.102. The van der Waals surface area contributed by atoms with E-state index >= 15 is 0 Å². The second-order valence-corrected chi connectivity index (χ2v) is 3.23. The van der Waals surface area contributed by atoms with Crippen molar-refractivity contribution in [3.63, 3.8) is 0 Å². The van der Waals surface area contributed by atoms with Gasteiger partial charge in [-0.1, -0.05) is 13.3 Å². The topological polar surface area (TPSA) is 58.6 Å². The van der Waals surface area contributed by atoms with Gasteiger partial charge < -0.3 is 15.2 Å². The molecule has 2 N–H and O–H groups in total. The van der Waals surface area contributed by atoms with Gasteiger partial charge in [0.05, 0.1) is 0 Å². The molecular weight excluding hydrogens is 182 g/mol. The summed E-state index contributed by atoms with van der Waals surface area (Å²) in [7, 11) is 0. The van der Waals surface area contributed by atoms with E-state index in [0.717, 1.165) is 12.8 Å². The lowest BCUT2D eigenvalue weighted by atomic mass is 10.3. The van der Waals surface area contributed by atoms with Crippen LogP contribution in [0, 0.1) is 0 Å². The van der Waals surface area contributed by atoms with Crippen molar-refractivity contribution in [1.29, 1.82) is 0 Å². The number of unbranched alkanes of at least 4 members (excludes halogenated alkanes) is 1. The van der Waals surface area contributed by atoms with Crippen molar-refractivity contribution in [1.82, 2.24) is 5.32 Å². The molecule has 1 amide bonds. The van der Waals surface area contributed by atoms with Gasteiger partial charge in [0.2, 0.25) is 5.91 Å². The predicted molar refractivity (Wildman–Crippen MR) is 55.0 cm³/mol. The lowest BCUT2D eigenvalue weighted by Gasteiger charge is -2.12. The molecule has 0 aliphatic heterocycles. The van der Waals surface area contributed by atoms with E-state index in [0.29, 0.717) is 19.6 Å². The first-order valence-corrected chi connectivity index (χ1v) is 5.22. The first-order valence-electron chi connectivity index (χ1n) is 5.22. The zero-order valence-corrected chi connectivity index (χ0v) is 9.08. The van der Waals surface area contributed by atoms with E-state index in [4.69, 9.17) is 9.84 Å². The van der Waals surface area contributed by atoms with E-state index in [-0.39, 0.29) is 18.6 Å². The van der Waals surface area contributed by atoms with Crippen molar-refractivity contribution >= 4 is 5.91 Å². The van der Waals surface area contributed by atoms with Crippen LogP contribution in [-0.2, 0) is 9.53 Å². The Kier molecular flexibility index (Phi) is 8.57. The summed E-state index contributed by atoms with van der Waals surface area (Å²) in [6, 6.07) is 0. The molecule has 84 valence electrons. The number of amides is 1. The highest BCUT2D eigenvalue weighted by atomic mass is 16.5. The monoisotopic (exact) mass is 203 g/mol. The minimum Gasteiger partial charge on any atom is -0.396 e. The van der Waals surface area contributed by atoms with Crippen LogP contribution >= 0.6 is 0 Å². The maximum atomic E-state index is 11.3. The van der Waals surface area contributed by atoms with Crippen molar-refractivity contribution in [2.75, 3.05) is 19.8 Å². The Morgan fingerprint density at radius 3 is 2.79 bits per heavy atom. The summed E-state index contributed by atoms with van der Waals surface area (Å²) < 4.78 is 5.30. The average molecular weight is 203 g/mol. The number of carbonyl (C=O) groups excluding carboxylic acids is 1. The number of hydrogen-bond donors (Lipinski definition) is 2.